The summed E-state index contributed by atoms with van der Waals surface area (Å²) in [5.41, 5.74) is 1.21. The van der Waals surface area contributed by atoms with Crippen molar-refractivity contribution in [2.24, 2.45) is 0 Å². The van der Waals surface area contributed by atoms with E-state index in [1.54, 1.807) is 6.07 Å². The van der Waals surface area contributed by atoms with E-state index in [0.29, 0.717) is 29.2 Å². The van der Waals surface area contributed by atoms with E-state index in [1.807, 2.05) is 47.3 Å². The Morgan fingerprint density at radius 1 is 1.36 bits per heavy atom. The second-order valence-corrected chi connectivity index (χ2v) is 5.67. The minimum Gasteiger partial charge on any atom is -0.494 e. The summed E-state index contributed by atoms with van der Waals surface area (Å²) >= 11 is 1.52. The zero-order chi connectivity index (χ0) is 15.1. The molecule has 0 bridgehead atoms. The van der Waals surface area contributed by atoms with Gasteiger partial charge in [-0.1, -0.05) is 0 Å². The molecule has 0 atom stereocenters. The van der Waals surface area contributed by atoms with Crippen LogP contribution in [0.5, 0.6) is 5.75 Å². The normalized spacial score (nSPS) is 11.3. The first-order valence-electron chi connectivity index (χ1n) is 6.88. The molecule has 5 nitrogen and oxygen atoms in total. The molecule has 0 radical (unpaired) electrons. The van der Waals surface area contributed by atoms with Crippen LogP contribution >= 0.6 is 11.3 Å². The highest BCUT2D eigenvalue weighted by atomic mass is 32.1. The first-order valence-corrected chi connectivity index (χ1v) is 7.76. The molecule has 4 aromatic rings. The molecule has 0 aliphatic rings. The van der Waals surface area contributed by atoms with Crippen LogP contribution < -0.4 is 10.4 Å². The average Bonchev–Trinajstić information content (AvgIpc) is 3.08. The molecule has 22 heavy (non-hydrogen) atoms. The van der Waals surface area contributed by atoms with Crippen LogP contribution in [0.4, 0.5) is 0 Å². The third kappa shape index (κ3) is 2.08. The smallest absolute Gasteiger partial charge is 0.345 e. The van der Waals surface area contributed by atoms with Gasteiger partial charge in [-0.05, 0) is 25.1 Å². The molecule has 3 aromatic heterocycles. The number of aromatic nitrogens is 2. The minimum absolute atomic E-state index is 0.396. The highest BCUT2D eigenvalue weighted by Gasteiger charge is 2.12. The van der Waals surface area contributed by atoms with E-state index in [0.717, 1.165) is 10.3 Å². The molecular formula is C16H12N2O3S. The van der Waals surface area contributed by atoms with Crippen molar-refractivity contribution in [3.8, 4) is 17.0 Å². The maximum atomic E-state index is 12.2. The minimum atomic E-state index is -0.396. The molecular weight excluding hydrogens is 300 g/mol. The average molecular weight is 312 g/mol. The largest absolute Gasteiger partial charge is 0.494 e. The van der Waals surface area contributed by atoms with E-state index in [9.17, 15) is 4.79 Å². The van der Waals surface area contributed by atoms with Gasteiger partial charge < -0.3 is 9.15 Å². The summed E-state index contributed by atoms with van der Waals surface area (Å²) in [5.74, 6) is 0.688. The van der Waals surface area contributed by atoms with Crippen LogP contribution in [-0.4, -0.2) is 16.0 Å². The summed E-state index contributed by atoms with van der Waals surface area (Å²) < 4.78 is 12.7. The molecule has 0 amide bonds. The van der Waals surface area contributed by atoms with Crippen LogP contribution in [0.1, 0.15) is 6.92 Å². The van der Waals surface area contributed by atoms with Gasteiger partial charge in [0.25, 0.3) is 0 Å². The van der Waals surface area contributed by atoms with Gasteiger partial charge in [-0.25, -0.2) is 9.78 Å². The fourth-order valence-electron chi connectivity index (χ4n) is 2.38. The molecule has 0 saturated carbocycles. The molecule has 0 N–H and O–H groups in total. The Morgan fingerprint density at radius 3 is 3.09 bits per heavy atom. The first kappa shape index (κ1) is 13.1. The lowest BCUT2D eigenvalue weighted by Gasteiger charge is -2.04. The Balaban J connectivity index is 1.87. The zero-order valence-electron chi connectivity index (χ0n) is 11.8. The molecule has 0 saturated heterocycles. The van der Waals surface area contributed by atoms with Crippen molar-refractivity contribution in [1.82, 2.24) is 9.38 Å². The molecule has 0 spiro atoms. The quantitative estimate of drug-likeness (QED) is 0.543. The van der Waals surface area contributed by atoms with Crippen LogP contribution in [0.3, 0.4) is 0 Å². The number of ether oxygens (including phenoxy) is 1. The van der Waals surface area contributed by atoms with Gasteiger partial charge in [0.1, 0.15) is 11.3 Å². The van der Waals surface area contributed by atoms with E-state index in [2.05, 4.69) is 4.98 Å². The van der Waals surface area contributed by atoms with Gasteiger partial charge in [0.2, 0.25) is 0 Å². The number of hydrogen-bond acceptors (Lipinski definition) is 5. The molecule has 0 fully saturated rings. The van der Waals surface area contributed by atoms with E-state index >= 15 is 0 Å². The number of rotatable bonds is 3. The molecule has 110 valence electrons. The van der Waals surface area contributed by atoms with E-state index in [4.69, 9.17) is 9.15 Å². The maximum Gasteiger partial charge on any atom is 0.345 e. The Hall–Kier alpha value is -2.60. The number of hydrogen-bond donors (Lipinski definition) is 0. The van der Waals surface area contributed by atoms with Crippen LogP contribution in [0.15, 0.2) is 51.3 Å². The van der Waals surface area contributed by atoms with Crippen molar-refractivity contribution in [3.63, 3.8) is 0 Å². The van der Waals surface area contributed by atoms with Gasteiger partial charge in [-0.2, -0.15) is 0 Å². The molecule has 1 aromatic carbocycles. The van der Waals surface area contributed by atoms with E-state index < -0.39 is 5.63 Å². The van der Waals surface area contributed by atoms with Gasteiger partial charge in [-0.3, -0.25) is 4.40 Å². The van der Waals surface area contributed by atoms with Gasteiger partial charge in [-0.15, -0.1) is 11.3 Å². The number of imidazole rings is 1. The highest BCUT2D eigenvalue weighted by molar-refractivity contribution is 7.15. The van der Waals surface area contributed by atoms with Crippen LogP contribution in [0.2, 0.25) is 0 Å². The van der Waals surface area contributed by atoms with Gasteiger partial charge in [0.05, 0.1) is 17.9 Å². The third-order valence-electron chi connectivity index (χ3n) is 3.39. The summed E-state index contributed by atoms with van der Waals surface area (Å²) in [5, 5.41) is 2.79. The molecule has 0 unspecified atom stereocenters. The Kier molecular flexibility index (Phi) is 2.97. The second-order valence-electron chi connectivity index (χ2n) is 4.80. The Bertz CT molecular complexity index is 1000. The fraction of sp³-hybridized carbons (Fsp3) is 0.125. The standard InChI is InChI=1S/C16H12N2O3S/c1-2-20-11-4-3-10-7-12(15(19)21-14(10)8-11)13-9-18-5-6-22-16(18)17-13/h3-9H,2H2,1H3. The topological polar surface area (TPSA) is 56.7 Å². The van der Waals surface area contributed by atoms with Crippen molar-refractivity contribution < 1.29 is 9.15 Å². The molecule has 6 heteroatoms. The van der Waals surface area contributed by atoms with Crippen molar-refractivity contribution in [1.29, 1.82) is 0 Å². The summed E-state index contributed by atoms with van der Waals surface area (Å²) in [4.78, 5) is 17.6. The zero-order valence-corrected chi connectivity index (χ0v) is 12.6. The Labute approximate surface area is 129 Å². The monoisotopic (exact) mass is 312 g/mol. The van der Waals surface area contributed by atoms with Crippen LogP contribution in [-0.2, 0) is 0 Å². The summed E-state index contributed by atoms with van der Waals surface area (Å²) in [6.07, 6.45) is 3.74. The van der Waals surface area contributed by atoms with Crippen molar-refractivity contribution in [2.75, 3.05) is 6.61 Å². The van der Waals surface area contributed by atoms with Crippen molar-refractivity contribution in [3.05, 3.63) is 52.5 Å². The number of nitrogens with zero attached hydrogens (tertiary/aromatic N) is 2. The van der Waals surface area contributed by atoms with Gasteiger partial charge in [0, 0.05) is 29.2 Å². The van der Waals surface area contributed by atoms with Crippen molar-refractivity contribution in [2.45, 2.75) is 6.92 Å². The lowest BCUT2D eigenvalue weighted by Crippen LogP contribution is -2.03. The summed E-state index contributed by atoms with van der Waals surface area (Å²) in [6.45, 7) is 2.48. The number of fused-ring (bicyclic) bond motifs is 2. The van der Waals surface area contributed by atoms with Crippen molar-refractivity contribution >= 4 is 27.3 Å². The van der Waals surface area contributed by atoms with Gasteiger partial charge >= 0.3 is 5.63 Å². The first-order chi connectivity index (χ1) is 10.7. The van der Waals surface area contributed by atoms with Crippen LogP contribution in [0.25, 0.3) is 27.2 Å². The predicted octanol–water partition coefficient (Wildman–Crippen LogP) is 3.57. The SMILES string of the molecule is CCOc1ccc2cc(-c3cn4ccsc4n3)c(=O)oc2c1. The lowest BCUT2D eigenvalue weighted by molar-refractivity contribution is 0.340. The van der Waals surface area contributed by atoms with E-state index in [1.165, 1.54) is 11.3 Å². The molecule has 4 rings (SSSR count). The number of thiazole rings is 1. The number of benzene rings is 1. The molecule has 0 aliphatic carbocycles. The van der Waals surface area contributed by atoms with Gasteiger partial charge in [0.15, 0.2) is 4.96 Å². The third-order valence-corrected chi connectivity index (χ3v) is 4.16. The summed E-state index contributed by atoms with van der Waals surface area (Å²) in [7, 11) is 0. The molecule has 0 aliphatic heterocycles. The predicted molar refractivity (Wildman–Crippen MR) is 85.7 cm³/mol. The van der Waals surface area contributed by atoms with E-state index in [-0.39, 0.29) is 0 Å². The molecule has 3 heterocycles. The second kappa shape index (κ2) is 4.99. The highest BCUT2D eigenvalue weighted by Crippen LogP contribution is 2.25. The lowest BCUT2D eigenvalue weighted by atomic mass is 10.1. The van der Waals surface area contributed by atoms with Crippen LogP contribution in [0, 0.1) is 0 Å². The Morgan fingerprint density at radius 2 is 2.27 bits per heavy atom. The maximum absolute atomic E-state index is 12.2. The summed E-state index contributed by atoms with van der Waals surface area (Å²) in [6, 6.07) is 7.28. The fourth-order valence-corrected chi connectivity index (χ4v) is 3.08.